The van der Waals surface area contributed by atoms with Crippen molar-refractivity contribution in [2.75, 3.05) is 6.54 Å². The number of hydrogen-bond acceptors (Lipinski definition) is 3. The van der Waals surface area contributed by atoms with Gasteiger partial charge in [0.15, 0.2) is 0 Å². The number of halogens is 1. The van der Waals surface area contributed by atoms with Gasteiger partial charge in [0.2, 0.25) is 5.91 Å². The van der Waals surface area contributed by atoms with Gasteiger partial charge in [0.25, 0.3) is 0 Å². The van der Waals surface area contributed by atoms with Gasteiger partial charge in [0.05, 0.1) is 6.04 Å². The van der Waals surface area contributed by atoms with Crippen LogP contribution in [0.15, 0.2) is 36.7 Å². The van der Waals surface area contributed by atoms with Crippen LogP contribution in [0, 0.1) is 11.7 Å². The molecule has 2 aromatic rings. The van der Waals surface area contributed by atoms with E-state index in [0.717, 1.165) is 35.0 Å². The fraction of sp³-hybridized carbons (Fsp3) is 0.542. The number of fused-ring (bicyclic) bond motifs is 1. The molecule has 1 aliphatic rings. The van der Waals surface area contributed by atoms with Gasteiger partial charge in [-0.1, -0.05) is 27.4 Å². The third-order valence-corrected chi connectivity index (χ3v) is 6.42. The molecule has 30 heavy (non-hydrogen) atoms. The van der Waals surface area contributed by atoms with Crippen LogP contribution in [0.2, 0.25) is 0 Å². The number of likely N-dealkylation sites (tertiary alicyclic amines) is 1. The van der Waals surface area contributed by atoms with Gasteiger partial charge in [-0.05, 0) is 56.4 Å². The van der Waals surface area contributed by atoms with Crippen LogP contribution in [-0.2, 0) is 4.79 Å². The number of allylic oxidation sites excluding steroid dienone is 1. The maximum absolute atomic E-state index is 13.7. The fourth-order valence-corrected chi connectivity index (χ4v) is 4.93. The Labute approximate surface area is 178 Å². The van der Waals surface area contributed by atoms with Crippen LogP contribution in [0.5, 0.6) is 0 Å². The summed E-state index contributed by atoms with van der Waals surface area (Å²) in [6.07, 6.45) is 3.52. The molecule has 6 heteroatoms. The third-order valence-electron chi connectivity index (χ3n) is 6.42. The summed E-state index contributed by atoms with van der Waals surface area (Å²) in [7, 11) is 0. The maximum Gasteiger partial charge on any atom is 0.245 e. The van der Waals surface area contributed by atoms with E-state index in [4.69, 9.17) is 5.73 Å². The predicted octanol–water partition coefficient (Wildman–Crippen LogP) is 4.27. The summed E-state index contributed by atoms with van der Waals surface area (Å²) in [6.45, 7) is 14.7. The number of hydrogen-bond donors (Lipinski definition) is 3. The second kappa shape index (κ2) is 8.42. The molecule has 1 aromatic heterocycles. The third kappa shape index (κ3) is 4.10. The minimum atomic E-state index is -0.509. The lowest BCUT2D eigenvalue weighted by atomic mass is 9.79. The smallest absolute Gasteiger partial charge is 0.245 e. The van der Waals surface area contributed by atoms with E-state index in [-0.39, 0.29) is 35.6 Å². The minimum absolute atomic E-state index is 0.0447. The predicted molar refractivity (Wildman–Crippen MR) is 121 cm³/mol. The first-order valence-electron chi connectivity index (χ1n) is 10.8. The molecule has 164 valence electrons. The van der Waals surface area contributed by atoms with Crippen molar-refractivity contribution in [2.24, 2.45) is 11.7 Å². The molecule has 3 rings (SSSR count). The summed E-state index contributed by atoms with van der Waals surface area (Å²) in [5.74, 6) is -0.0358. The van der Waals surface area contributed by atoms with Gasteiger partial charge < -0.3 is 20.9 Å². The molecule has 5 nitrogen and oxygen atoms in total. The Kier molecular flexibility index (Phi) is 6.27. The van der Waals surface area contributed by atoms with Gasteiger partial charge in [0, 0.05) is 40.8 Å². The van der Waals surface area contributed by atoms with Crippen LogP contribution in [0.25, 0.3) is 10.9 Å². The van der Waals surface area contributed by atoms with Gasteiger partial charge >= 0.3 is 0 Å². The lowest BCUT2D eigenvalue weighted by Crippen LogP contribution is -2.57. The Morgan fingerprint density at radius 2 is 2.17 bits per heavy atom. The highest BCUT2D eigenvalue weighted by Crippen LogP contribution is 2.41. The Bertz CT molecular complexity index is 932. The summed E-state index contributed by atoms with van der Waals surface area (Å²) >= 11 is 0. The largest absolute Gasteiger partial charge is 0.378 e. The summed E-state index contributed by atoms with van der Waals surface area (Å²) in [5.41, 5.74) is 8.90. The fourth-order valence-electron chi connectivity index (χ4n) is 4.93. The van der Waals surface area contributed by atoms with E-state index in [2.05, 4.69) is 23.8 Å². The first kappa shape index (κ1) is 22.3. The molecule has 1 saturated heterocycles. The van der Waals surface area contributed by atoms with E-state index in [9.17, 15) is 9.18 Å². The van der Waals surface area contributed by atoms with Crippen molar-refractivity contribution in [1.82, 2.24) is 15.2 Å². The van der Waals surface area contributed by atoms with E-state index < -0.39 is 5.54 Å². The van der Waals surface area contributed by atoms with Crippen molar-refractivity contribution in [2.45, 2.75) is 71.0 Å². The molecule has 1 fully saturated rings. The standard InChI is InChI=1S/C24H35FN4O/c1-7-17(19-13-27-20-12-16(25)8-9-18(19)20)22-24(6,26)10-11-29(22)23(30)21(14(2)3)28-15(4)5/h8-9,12-14,17,21-22,27-28H,4,7,10-11,26H2,1-3,5-6H3/t17-,21?,22-,24+/m1/s1. The molecule has 1 unspecified atom stereocenters. The van der Waals surface area contributed by atoms with Gasteiger partial charge in [-0.2, -0.15) is 0 Å². The van der Waals surface area contributed by atoms with Crippen molar-refractivity contribution in [3.63, 3.8) is 0 Å². The highest BCUT2D eigenvalue weighted by atomic mass is 19.1. The molecule has 0 aliphatic carbocycles. The second-order valence-electron chi connectivity index (χ2n) is 9.33. The molecular formula is C24H35FN4O. The number of rotatable bonds is 7. The van der Waals surface area contributed by atoms with E-state index in [0.29, 0.717) is 6.54 Å². The van der Waals surface area contributed by atoms with Gasteiger partial charge in [-0.25, -0.2) is 4.39 Å². The first-order valence-corrected chi connectivity index (χ1v) is 10.8. The van der Waals surface area contributed by atoms with Crippen LogP contribution >= 0.6 is 0 Å². The summed E-state index contributed by atoms with van der Waals surface area (Å²) in [4.78, 5) is 18.8. The Hall–Kier alpha value is -2.34. The van der Waals surface area contributed by atoms with E-state index in [1.54, 1.807) is 0 Å². The van der Waals surface area contributed by atoms with Crippen molar-refractivity contribution in [1.29, 1.82) is 0 Å². The molecule has 0 saturated carbocycles. The van der Waals surface area contributed by atoms with Crippen molar-refractivity contribution >= 4 is 16.8 Å². The van der Waals surface area contributed by atoms with Crippen molar-refractivity contribution < 1.29 is 9.18 Å². The highest BCUT2D eigenvalue weighted by Gasteiger charge is 2.49. The molecule has 2 heterocycles. The van der Waals surface area contributed by atoms with Crippen molar-refractivity contribution in [3.8, 4) is 0 Å². The molecule has 0 radical (unpaired) electrons. The number of nitrogens with zero attached hydrogens (tertiary/aromatic N) is 1. The van der Waals surface area contributed by atoms with E-state index in [1.165, 1.54) is 12.1 Å². The molecule has 1 aliphatic heterocycles. The van der Waals surface area contributed by atoms with E-state index >= 15 is 0 Å². The Balaban J connectivity index is 2.02. The quantitative estimate of drug-likeness (QED) is 0.633. The number of nitrogens with one attached hydrogen (secondary N) is 2. The molecule has 0 bridgehead atoms. The molecular weight excluding hydrogens is 379 g/mol. The van der Waals surface area contributed by atoms with Crippen LogP contribution in [0.3, 0.4) is 0 Å². The summed E-state index contributed by atoms with van der Waals surface area (Å²) in [6, 6.07) is 4.32. The van der Waals surface area contributed by atoms with Crippen LogP contribution in [0.4, 0.5) is 4.39 Å². The number of aromatic amines is 1. The number of H-pyrrole nitrogens is 1. The topological polar surface area (TPSA) is 74.2 Å². The number of benzene rings is 1. The molecule has 0 spiro atoms. The zero-order valence-corrected chi connectivity index (χ0v) is 18.8. The second-order valence-corrected chi connectivity index (χ2v) is 9.33. The highest BCUT2D eigenvalue weighted by molar-refractivity contribution is 5.85. The van der Waals surface area contributed by atoms with Gasteiger partial charge in [0.1, 0.15) is 11.9 Å². The lowest BCUT2D eigenvalue weighted by molar-refractivity contribution is -0.136. The lowest BCUT2D eigenvalue weighted by Gasteiger charge is -2.40. The van der Waals surface area contributed by atoms with Gasteiger partial charge in [-0.15, -0.1) is 0 Å². The van der Waals surface area contributed by atoms with Crippen LogP contribution in [-0.4, -0.2) is 40.0 Å². The monoisotopic (exact) mass is 414 g/mol. The number of nitrogens with two attached hydrogens (primary N) is 1. The number of amides is 1. The molecule has 4 atom stereocenters. The number of carbonyl (C=O) groups excluding carboxylic acids is 1. The maximum atomic E-state index is 13.7. The van der Waals surface area contributed by atoms with Crippen molar-refractivity contribution in [3.05, 3.63) is 48.1 Å². The minimum Gasteiger partial charge on any atom is -0.378 e. The van der Waals surface area contributed by atoms with E-state index in [1.807, 2.05) is 44.9 Å². The molecule has 1 aromatic carbocycles. The Morgan fingerprint density at radius 1 is 1.47 bits per heavy atom. The van der Waals surface area contributed by atoms with Gasteiger partial charge in [-0.3, -0.25) is 4.79 Å². The average molecular weight is 415 g/mol. The first-order chi connectivity index (χ1) is 14.1. The summed E-state index contributed by atoms with van der Waals surface area (Å²) < 4.78 is 13.7. The molecule has 1 amide bonds. The molecule has 4 N–H and O–H groups in total. The summed E-state index contributed by atoms with van der Waals surface area (Å²) in [5, 5.41) is 4.24. The zero-order chi connectivity index (χ0) is 22.2. The Morgan fingerprint density at radius 3 is 2.77 bits per heavy atom. The number of carbonyl (C=O) groups is 1. The average Bonchev–Trinajstić information content (AvgIpc) is 3.21. The SMILES string of the molecule is C=C(C)NC(C(=O)N1CC[C@](C)(N)[C@H]1[C@H](CC)c1c[nH]c2cc(F)ccc12)C(C)C. The van der Waals surface area contributed by atoms with Crippen LogP contribution in [0.1, 0.15) is 58.9 Å². The normalized spacial score (nSPS) is 23.7. The van der Waals surface area contributed by atoms with Crippen LogP contribution < -0.4 is 11.1 Å². The zero-order valence-electron chi connectivity index (χ0n) is 18.8. The number of aromatic nitrogens is 1.